The zero-order chi connectivity index (χ0) is 18.6. The van der Waals surface area contributed by atoms with Crippen molar-refractivity contribution in [1.29, 1.82) is 0 Å². The zero-order valence-corrected chi connectivity index (χ0v) is 15.7. The summed E-state index contributed by atoms with van der Waals surface area (Å²) in [5.41, 5.74) is 1.65. The Bertz CT molecular complexity index is 811. The Morgan fingerprint density at radius 1 is 1.12 bits per heavy atom. The highest BCUT2D eigenvalue weighted by molar-refractivity contribution is 7.16. The third-order valence-corrected chi connectivity index (χ3v) is 5.15. The molecule has 2 aromatic rings. The maximum atomic E-state index is 12.2. The number of carbonyl (C=O) groups excluding carboxylic acids is 3. The van der Waals surface area contributed by atoms with E-state index in [0.717, 1.165) is 10.4 Å². The molecular weight excluding hydrogens is 362 g/mol. The van der Waals surface area contributed by atoms with Crippen LogP contribution >= 0.6 is 22.9 Å². The SMILES string of the molecule is COC(=O)c1c(NC(=O)CCC(=O)c2ccc(Cl)cc2)sc(C)c1C. The molecule has 5 nitrogen and oxygen atoms in total. The molecule has 0 saturated carbocycles. The lowest BCUT2D eigenvalue weighted by molar-refractivity contribution is -0.116. The fraction of sp³-hybridized carbons (Fsp3) is 0.278. The second kappa shape index (κ2) is 8.27. The molecule has 0 spiro atoms. The Labute approximate surface area is 154 Å². The van der Waals surface area contributed by atoms with Crippen molar-refractivity contribution >= 4 is 45.6 Å². The maximum absolute atomic E-state index is 12.2. The molecule has 1 N–H and O–H groups in total. The first-order valence-corrected chi connectivity index (χ1v) is 8.79. The van der Waals surface area contributed by atoms with E-state index in [1.165, 1.54) is 18.4 Å². The Balaban J connectivity index is 2.01. The number of amides is 1. The molecule has 0 fully saturated rings. The van der Waals surface area contributed by atoms with Crippen molar-refractivity contribution in [1.82, 2.24) is 0 Å². The number of halogens is 1. The van der Waals surface area contributed by atoms with Crippen LogP contribution in [0.5, 0.6) is 0 Å². The number of hydrogen-bond acceptors (Lipinski definition) is 5. The first-order valence-electron chi connectivity index (χ1n) is 7.60. The molecule has 132 valence electrons. The lowest BCUT2D eigenvalue weighted by atomic mass is 10.1. The fourth-order valence-corrected chi connectivity index (χ4v) is 3.45. The smallest absolute Gasteiger partial charge is 0.341 e. The molecule has 1 heterocycles. The number of esters is 1. The first-order chi connectivity index (χ1) is 11.8. The quantitative estimate of drug-likeness (QED) is 0.596. The summed E-state index contributed by atoms with van der Waals surface area (Å²) in [7, 11) is 1.30. The minimum absolute atomic E-state index is 0.0259. The van der Waals surface area contributed by atoms with Gasteiger partial charge in [0.1, 0.15) is 5.00 Å². The molecule has 0 bridgehead atoms. The summed E-state index contributed by atoms with van der Waals surface area (Å²) in [4.78, 5) is 37.1. The molecule has 0 radical (unpaired) electrons. The molecule has 7 heteroatoms. The molecule has 0 aliphatic carbocycles. The van der Waals surface area contributed by atoms with Gasteiger partial charge in [-0.25, -0.2) is 4.79 Å². The highest BCUT2D eigenvalue weighted by Gasteiger charge is 2.21. The molecule has 0 aliphatic heterocycles. The van der Waals surface area contributed by atoms with Crippen LogP contribution in [0.15, 0.2) is 24.3 Å². The number of hydrogen-bond donors (Lipinski definition) is 1. The lowest BCUT2D eigenvalue weighted by Gasteiger charge is -2.06. The van der Waals surface area contributed by atoms with E-state index >= 15 is 0 Å². The normalized spacial score (nSPS) is 10.4. The Kier molecular flexibility index (Phi) is 6.33. The molecule has 1 amide bonds. The maximum Gasteiger partial charge on any atom is 0.341 e. The Hall–Kier alpha value is -2.18. The number of anilines is 1. The van der Waals surface area contributed by atoms with Crippen LogP contribution in [0, 0.1) is 13.8 Å². The summed E-state index contributed by atoms with van der Waals surface area (Å²) in [6.45, 7) is 3.67. The molecule has 25 heavy (non-hydrogen) atoms. The number of carbonyl (C=O) groups is 3. The van der Waals surface area contributed by atoms with Crippen LogP contribution in [-0.2, 0) is 9.53 Å². The molecule has 0 aliphatic rings. The number of benzene rings is 1. The van der Waals surface area contributed by atoms with E-state index in [1.807, 2.05) is 6.92 Å². The topological polar surface area (TPSA) is 72.5 Å². The van der Waals surface area contributed by atoms with Crippen LogP contribution in [0.25, 0.3) is 0 Å². The first kappa shape index (κ1) is 19.1. The summed E-state index contributed by atoms with van der Waals surface area (Å²) >= 11 is 7.10. The highest BCUT2D eigenvalue weighted by Crippen LogP contribution is 2.33. The Morgan fingerprint density at radius 2 is 1.76 bits per heavy atom. The van der Waals surface area contributed by atoms with E-state index in [-0.39, 0.29) is 24.5 Å². The summed E-state index contributed by atoms with van der Waals surface area (Å²) in [6.07, 6.45) is 0.0996. The summed E-state index contributed by atoms with van der Waals surface area (Å²) in [5, 5.41) is 3.71. The monoisotopic (exact) mass is 379 g/mol. The predicted molar refractivity (Wildman–Crippen MR) is 98.8 cm³/mol. The van der Waals surface area contributed by atoms with Crippen LogP contribution < -0.4 is 5.32 Å². The summed E-state index contributed by atoms with van der Waals surface area (Å²) < 4.78 is 4.77. The predicted octanol–water partition coefficient (Wildman–Crippen LogP) is 4.41. The van der Waals surface area contributed by atoms with E-state index in [2.05, 4.69) is 5.32 Å². The lowest BCUT2D eigenvalue weighted by Crippen LogP contribution is -2.15. The largest absolute Gasteiger partial charge is 0.465 e. The second-order valence-corrected chi connectivity index (χ2v) is 7.12. The van der Waals surface area contributed by atoms with Crippen LogP contribution in [0.1, 0.15) is 44.0 Å². The van der Waals surface area contributed by atoms with Crippen LogP contribution in [0.2, 0.25) is 5.02 Å². The van der Waals surface area contributed by atoms with Gasteiger partial charge in [0.05, 0.1) is 12.7 Å². The van der Waals surface area contributed by atoms with Crippen molar-refractivity contribution < 1.29 is 19.1 Å². The molecular formula is C18H18ClNO4S. The summed E-state index contributed by atoms with van der Waals surface area (Å²) in [6, 6.07) is 6.53. The third kappa shape index (κ3) is 4.67. The van der Waals surface area contributed by atoms with E-state index < -0.39 is 5.97 Å². The van der Waals surface area contributed by atoms with Gasteiger partial charge in [-0.2, -0.15) is 0 Å². The van der Waals surface area contributed by atoms with Crippen LogP contribution in [-0.4, -0.2) is 24.8 Å². The average Bonchev–Trinajstić information content (AvgIpc) is 2.86. The van der Waals surface area contributed by atoms with E-state index in [1.54, 1.807) is 31.2 Å². The number of thiophene rings is 1. The number of aryl methyl sites for hydroxylation is 1. The van der Waals surface area contributed by atoms with Crippen LogP contribution in [0.4, 0.5) is 5.00 Å². The second-order valence-electron chi connectivity index (χ2n) is 5.46. The van der Waals surface area contributed by atoms with Gasteiger partial charge in [0.2, 0.25) is 5.91 Å². The van der Waals surface area contributed by atoms with Gasteiger partial charge in [0, 0.05) is 28.3 Å². The third-order valence-electron chi connectivity index (χ3n) is 3.77. The standard InChI is InChI=1S/C18H18ClNO4S/c1-10-11(2)25-17(16(10)18(23)24-3)20-15(22)9-8-14(21)12-4-6-13(19)7-5-12/h4-7H,8-9H2,1-3H3,(H,20,22). The number of ether oxygens (including phenoxy) is 1. The minimum Gasteiger partial charge on any atom is -0.465 e. The number of ketones is 1. The van der Waals surface area contributed by atoms with E-state index in [0.29, 0.717) is 21.2 Å². The van der Waals surface area contributed by atoms with E-state index in [4.69, 9.17) is 16.3 Å². The molecule has 1 aromatic heterocycles. The van der Waals surface area contributed by atoms with Crippen molar-refractivity contribution in [3.8, 4) is 0 Å². The average molecular weight is 380 g/mol. The minimum atomic E-state index is -0.491. The summed E-state index contributed by atoms with van der Waals surface area (Å²) in [5.74, 6) is -0.957. The van der Waals surface area contributed by atoms with Crippen LogP contribution in [0.3, 0.4) is 0 Å². The van der Waals surface area contributed by atoms with Gasteiger partial charge in [-0.1, -0.05) is 11.6 Å². The van der Waals surface area contributed by atoms with Crippen molar-refractivity contribution in [2.75, 3.05) is 12.4 Å². The van der Waals surface area contributed by atoms with Gasteiger partial charge in [-0.05, 0) is 43.7 Å². The number of methoxy groups -OCH3 is 1. The number of nitrogens with one attached hydrogen (secondary N) is 1. The number of Topliss-reactive ketones (excluding diaryl/α,β-unsaturated/α-hetero) is 1. The fourth-order valence-electron chi connectivity index (χ4n) is 2.26. The molecule has 1 aromatic carbocycles. The molecule has 2 rings (SSSR count). The molecule has 0 atom stereocenters. The van der Waals surface area contributed by atoms with Gasteiger partial charge < -0.3 is 10.1 Å². The van der Waals surface area contributed by atoms with Gasteiger partial charge >= 0.3 is 5.97 Å². The van der Waals surface area contributed by atoms with Gasteiger partial charge in [0.15, 0.2) is 5.78 Å². The Morgan fingerprint density at radius 3 is 2.36 bits per heavy atom. The van der Waals surface area contributed by atoms with Crippen molar-refractivity contribution in [2.45, 2.75) is 26.7 Å². The van der Waals surface area contributed by atoms with Gasteiger partial charge in [-0.15, -0.1) is 11.3 Å². The molecule has 0 unspecified atom stereocenters. The van der Waals surface area contributed by atoms with Gasteiger partial charge in [-0.3, -0.25) is 9.59 Å². The van der Waals surface area contributed by atoms with Crippen molar-refractivity contribution in [3.63, 3.8) is 0 Å². The van der Waals surface area contributed by atoms with Gasteiger partial charge in [0.25, 0.3) is 0 Å². The van der Waals surface area contributed by atoms with Crippen molar-refractivity contribution in [2.24, 2.45) is 0 Å². The number of rotatable bonds is 6. The zero-order valence-electron chi connectivity index (χ0n) is 14.1. The van der Waals surface area contributed by atoms with E-state index in [9.17, 15) is 14.4 Å². The van der Waals surface area contributed by atoms with Crippen molar-refractivity contribution in [3.05, 3.63) is 50.9 Å². The highest BCUT2D eigenvalue weighted by atomic mass is 35.5. The molecule has 0 saturated heterocycles.